The molecule has 0 saturated carbocycles. The van der Waals surface area contributed by atoms with Crippen LogP contribution in [-0.2, 0) is 19.1 Å². The van der Waals surface area contributed by atoms with Gasteiger partial charge in [0, 0.05) is 12.8 Å². The second-order valence-corrected chi connectivity index (χ2v) is 15.1. The molecule has 0 aliphatic heterocycles. The molecule has 58 heavy (non-hydrogen) atoms. The van der Waals surface area contributed by atoms with Crippen molar-refractivity contribution in [3.63, 3.8) is 0 Å². The summed E-state index contributed by atoms with van der Waals surface area (Å²) in [6, 6.07) is 0. The highest BCUT2D eigenvalue weighted by Crippen LogP contribution is 2.14. The van der Waals surface area contributed by atoms with E-state index in [-0.39, 0.29) is 31.6 Å². The highest BCUT2D eigenvalue weighted by atomic mass is 16.6. The smallest absolute Gasteiger partial charge is 0.306 e. The van der Waals surface area contributed by atoms with Gasteiger partial charge in [-0.05, 0) is 89.9 Å². The van der Waals surface area contributed by atoms with E-state index in [9.17, 15) is 14.7 Å². The number of allylic oxidation sites excluding steroid dienone is 18. The first-order chi connectivity index (χ1) is 28.6. The molecule has 5 heteroatoms. The predicted molar refractivity (Wildman–Crippen MR) is 251 cm³/mol. The Morgan fingerprint density at radius 3 is 1.09 bits per heavy atom. The molecule has 0 aromatic carbocycles. The van der Waals surface area contributed by atoms with Gasteiger partial charge in [-0.15, -0.1) is 0 Å². The second-order valence-electron chi connectivity index (χ2n) is 15.1. The van der Waals surface area contributed by atoms with Crippen LogP contribution in [0.4, 0.5) is 0 Å². The summed E-state index contributed by atoms with van der Waals surface area (Å²) in [6.07, 6.45) is 68.9. The maximum atomic E-state index is 12.2. The molecule has 0 fully saturated rings. The van der Waals surface area contributed by atoms with E-state index in [4.69, 9.17) is 9.47 Å². The van der Waals surface area contributed by atoms with Gasteiger partial charge >= 0.3 is 11.9 Å². The molecule has 0 aliphatic rings. The number of hydrogen-bond donors (Lipinski definition) is 1. The molecule has 328 valence electrons. The van der Waals surface area contributed by atoms with Crippen LogP contribution in [0.25, 0.3) is 0 Å². The van der Waals surface area contributed by atoms with Crippen LogP contribution in [0.15, 0.2) is 109 Å². The largest absolute Gasteiger partial charge is 0.462 e. The van der Waals surface area contributed by atoms with E-state index < -0.39 is 6.10 Å². The van der Waals surface area contributed by atoms with Gasteiger partial charge in [-0.2, -0.15) is 0 Å². The summed E-state index contributed by atoms with van der Waals surface area (Å²) in [6.45, 7) is 3.86. The number of carbonyl (C=O) groups is 2. The van der Waals surface area contributed by atoms with Gasteiger partial charge in [-0.25, -0.2) is 0 Å². The summed E-state index contributed by atoms with van der Waals surface area (Å²) in [5.74, 6) is -0.666. The Kier molecular flexibility index (Phi) is 45.1. The lowest BCUT2D eigenvalue weighted by Gasteiger charge is -2.15. The third kappa shape index (κ3) is 45.3. The van der Waals surface area contributed by atoms with Crippen LogP contribution in [-0.4, -0.2) is 36.4 Å². The van der Waals surface area contributed by atoms with Crippen molar-refractivity contribution in [1.82, 2.24) is 0 Å². The van der Waals surface area contributed by atoms with Crippen LogP contribution in [0.5, 0.6) is 0 Å². The number of ether oxygens (including phenoxy) is 2. The zero-order valence-corrected chi connectivity index (χ0v) is 37.3. The maximum absolute atomic E-state index is 12.2. The fourth-order valence-corrected chi connectivity index (χ4v) is 6.11. The molecule has 0 aromatic rings. The summed E-state index contributed by atoms with van der Waals surface area (Å²) in [7, 11) is 0. The Bertz CT molecular complexity index is 1180. The van der Waals surface area contributed by atoms with Gasteiger partial charge in [0.05, 0.1) is 6.61 Å². The number of unbranched alkanes of at least 4 members (excludes halogenated alkanes) is 15. The molecule has 5 nitrogen and oxygen atoms in total. The number of aliphatic hydroxyl groups is 1. The molecular formula is C53H86O5. The second kappa shape index (κ2) is 47.9. The van der Waals surface area contributed by atoms with Crippen LogP contribution in [0.2, 0.25) is 0 Å². The fourth-order valence-electron chi connectivity index (χ4n) is 6.11. The quantitative estimate of drug-likeness (QED) is 0.0379. The molecule has 0 spiro atoms. The Hall–Kier alpha value is -3.44. The molecule has 0 aliphatic carbocycles. The molecule has 0 amide bonds. The summed E-state index contributed by atoms with van der Waals surface area (Å²) < 4.78 is 10.6. The molecule has 1 unspecified atom stereocenters. The molecule has 0 heterocycles. The van der Waals surface area contributed by atoms with Crippen molar-refractivity contribution in [1.29, 1.82) is 0 Å². The third-order valence-electron chi connectivity index (χ3n) is 9.56. The van der Waals surface area contributed by atoms with Gasteiger partial charge in [0.2, 0.25) is 0 Å². The molecule has 0 bridgehead atoms. The minimum absolute atomic E-state index is 0.0947. The summed E-state index contributed by atoms with van der Waals surface area (Å²) in [5.41, 5.74) is 0. The standard InChI is InChI=1S/C53H86O5/c1-3-5-7-9-11-13-15-17-19-21-22-23-24-25-26-27-28-29-30-32-33-35-37-39-41-43-45-47-52(55)57-50-51(49-54)58-53(56)48-46-44-42-40-38-36-34-31-20-18-16-14-12-10-8-6-4-2/h5-8,11-14,17-20,22-23,34,36,40,42,51,54H,3-4,9-10,15-16,21,24-33,35,37-39,41,43-50H2,1-2H3/b7-5-,8-6-,13-11-,14-12-,19-17-,20-18-,23-22-,36-34-,42-40-. The van der Waals surface area contributed by atoms with Crippen LogP contribution in [0.1, 0.15) is 194 Å². The van der Waals surface area contributed by atoms with Gasteiger partial charge in [-0.3, -0.25) is 9.59 Å². The molecule has 0 aromatic heterocycles. The van der Waals surface area contributed by atoms with Gasteiger partial charge in [0.1, 0.15) is 6.61 Å². The zero-order chi connectivity index (χ0) is 42.1. The van der Waals surface area contributed by atoms with E-state index >= 15 is 0 Å². The monoisotopic (exact) mass is 803 g/mol. The summed E-state index contributed by atoms with van der Waals surface area (Å²) in [5, 5.41) is 9.59. The minimum atomic E-state index is -0.808. The average Bonchev–Trinajstić information content (AvgIpc) is 3.23. The lowest BCUT2D eigenvalue weighted by atomic mass is 10.0. The molecular weight excluding hydrogens is 717 g/mol. The highest BCUT2D eigenvalue weighted by Gasteiger charge is 2.16. The zero-order valence-electron chi connectivity index (χ0n) is 37.3. The van der Waals surface area contributed by atoms with E-state index in [0.717, 1.165) is 83.5 Å². The number of esters is 2. The van der Waals surface area contributed by atoms with E-state index in [0.29, 0.717) is 12.8 Å². The first-order valence-electron chi connectivity index (χ1n) is 23.4. The van der Waals surface area contributed by atoms with Crippen molar-refractivity contribution in [2.24, 2.45) is 0 Å². The SMILES string of the molecule is CC/C=C\C/C=C\C/C=C\C/C=C\C/C=C\CCCC(=O)OC(CO)COC(=O)CCCCCCCCCCCCCCCC/C=C\C/C=C\C/C=C\C/C=C\CC. The van der Waals surface area contributed by atoms with Crippen LogP contribution in [0.3, 0.4) is 0 Å². The van der Waals surface area contributed by atoms with Crippen LogP contribution in [0, 0.1) is 0 Å². The number of hydrogen-bond acceptors (Lipinski definition) is 5. The fraction of sp³-hybridized carbons (Fsp3) is 0.623. The molecule has 0 rings (SSSR count). The first kappa shape index (κ1) is 54.6. The first-order valence-corrected chi connectivity index (χ1v) is 23.4. The van der Waals surface area contributed by atoms with Gasteiger partial charge in [0.15, 0.2) is 6.10 Å². The molecule has 1 N–H and O–H groups in total. The van der Waals surface area contributed by atoms with Gasteiger partial charge < -0.3 is 14.6 Å². The lowest BCUT2D eigenvalue weighted by molar-refractivity contribution is -0.161. The molecule has 1 atom stereocenters. The normalized spacial score (nSPS) is 13.2. The average molecular weight is 803 g/mol. The summed E-state index contributed by atoms with van der Waals surface area (Å²) in [4.78, 5) is 24.4. The van der Waals surface area contributed by atoms with E-state index in [1.165, 1.54) is 77.0 Å². The van der Waals surface area contributed by atoms with E-state index in [2.05, 4.69) is 123 Å². The topological polar surface area (TPSA) is 72.8 Å². The van der Waals surface area contributed by atoms with E-state index in [1.807, 2.05) is 0 Å². The Balaban J connectivity index is 3.59. The van der Waals surface area contributed by atoms with E-state index in [1.54, 1.807) is 0 Å². The number of aliphatic hydroxyl groups excluding tert-OH is 1. The van der Waals surface area contributed by atoms with Crippen molar-refractivity contribution in [2.75, 3.05) is 13.2 Å². The Morgan fingerprint density at radius 1 is 0.397 bits per heavy atom. The lowest BCUT2D eigenvalue weighted by Crippen LogP contribution is -2.28. The van der Waals surface area contributed by atoms with Crippen molar-refractivity contribution >= 4 is 11.9 Å². The number of carbonyl (C=O) groups excluding carboxylic acids is 2. The third-order valence-corrected chi connectivity index (χ3v) is 9.56. The Labute approximate surface area is 357 Å². The van der Waals surface area contributed by atoms with Gasteiger partial charge in [0.25, 0.3) is 0 Å². The Morgan fingerprint density at radius 2 is 0.707 bits per heavy atom. The van der Waals surface area contributed by atoms with Crippen molar-refractivity contribution in [2.45, 2.75) is 200 Å². The molecule has 0 radical (unpaired) electrons. The summed E-state index contributed by atoms with van der Waals surface area (Å²) >= 11 is 0. The minimum Gasteiger partial charge on any atom is -0.462 e. The van der Waals surface area contributed by atoms with Crippen molar-refractivity contribution in [3.05, 3.63) is 109 Å². The molecule has 0 saturated heterocycles. The van der Waals surface area contributed by atoms with Gasteiger partial charge in [-0.1, -0.05) is 200 Å². The van der Waals surface area contributed by atoms with Crippen molar-refractivity contribution < 1.29 is 24.2 Å². The number of rotatable bonds is 41. The van der Waals surface area contributed by atoms with Crippen molar-refractivity contribution in [3.8, 4) is 0 Å². The highest BCUT2D eigenvalue weighted by molar-refractivity contribution is 5.70. The van der Waals surface area contributed by atoms with Crippen LogP contribution < -0.4 is 0 Å². The maximum Gasteiger partial charge on any atom is 0.306 e. The predicted octanol–water partition coefficient (Wildman–Crippen LogP) is 15.4. The van der Waals surface area contributed by atoms with Crippen LogP contribution >= 0.6 is 0 Å².